The lowest BCUT2D eigenvalue weighted by atomic mass is 10.2. The van der Waals surface area contributed by atoms with E-state index in [1.807, 2.05) is 31.2 Å². The number of methoxy groups -OCH3 is 1. The maximum Gasteiger partial charge on any atom is 0.344 e. The number of halogens is 1. The summed E-state index contributed by atoms with van der Waals surface area (Å²) in [6.45, 7) is 4.53. The molecule has 1 N–H and O–H groups in total. The predicted molar refractivity (Wildman–Crippen MR) is 112 cm³/mol. The van der Waals surface area contributed by atoms with Crippen molar-refractivity contribution in [3.05, 3.63) is 52.5 Å². The van der Waals surface area contributed by atoms with Crippen LogP contribution in [0.2, 0.25) is 5.02 Å². The normalized spacial score (nSPS) is 10.6. The first-order valence-corrected chi connectivity index (χ1v) is 9.59. The summed E-state index contributed by atoms with van der Waals surface area (Å²) < 4.78 is 21.3. The molecule has 2 rings (SSSR count). The molecule has 0 aromatic heterocycles. The maximum absolute atomic E-state index is 11.5. The number of nitrogens with one attached hydrogen (secondary N) is 1. The molecule has 29 heavy (non-hydrogen) atoms. The third-order valence-corrected chi connectivity index (χ3v) is 4.02. The minimum atomic E-state index is -0.475. The van der Waals surface area contributed by atoms with Crippen molar-refractivity contribution in [2.24, 2.45) is 5.10 Å². The number of ether oxygens (including phenoxy) is 4. The highest BCUT2D eigenvalue weighted by Gasteiger charge is 2.14. The van der Waals surface area contributed by atoms with E-state index in [-0.39, 0.29) is 13.2 Å². The number of hydrogen-bond donors (Lipinski definition) is 1. The van der Waals surface area contributed by atoms with Crippen LogP contribution in [-0.2, 0) is 16.1 Å². The highest BCUT2D eigenvalue weighted by atomic mass is 35.5. The van der Waals surface area contributed by atoms with Crippen LogP contribution in [-0.4, -0.2) is 39.1 Å². The summed E-state index contributed by atoms with van der Waals surface area (Å²) in [5, 5.41) is 4.53. The molecule has 0 saturated carbocycles. The summed E-state index contributed by atoms with van der Waals surface area (Å²) in [6, 6.07) is 11.1. The molecular formula is C21H25ClN2O5. The van der Waals surface area contributed by atoms with Gasteiger partial charge in [-0.05, 0) is 37.6 Å². The van der Waals surface area contributed by atoms with Crippen LogP contribution >= 0.6 is 11.6 Å². The summed E-state index contributed by atoms with van der Waals surface area (Å²) in [5.41, 5.74) is 4.68. The zero-order chi connectivity index (χ0) is 21.1. The van der Waals surface area contributed by atoms with Crippen molar-refractivity contribution in [3.8, 4) is 17.2 Å². The molecule has 0 aliphatic rings. The van der Waals surface area contributed by atoms with E-state index in [1.54, 1.807) is 32.4 Å². The Bertz CT molecular complexity index is 842. The monoisotopic (exact) mass is 420 g/mol. The molecule has 8 heteroatoms. The number of hydrazone groups is 1. The van der Waals surface area contributed by atoms with E-state index in [9.17, 15) is 4.79 Å². The van der Waals surface area contributed by atoms with Crippen LogP contribution in [0.4, 0.5) is 0 Å². The zero-order valence-electron chi connectivity index (χ0n) is 16.7. The van der Waals surface area contributed by atoms with Crippen LogP contribution in [0, 0.1) is 0 Å². The van der Waals surface area contributed by atoms with E-state index in [2.05, 4.69) is 10.5 Å². The average molecular weight is 421 g/mol. The Morgan fingerprint density at radius 1 is 1.14 bits per heavy atom. The Morgan fingerprint density at radius 2 is 1.93 bits per heavy atom. The van der Waals surface area contributed by atoms with Gasteiger partial charge in [0.25, 0.3) is 0 Å². The standard InChI is InChI=1S/C21H25ClN2O5/c1-4-27-19-11-15(10-17(22)21(19)29-14-20(25)28-5-2)12-23-24-13-16-8-6-7-9-18(16)26-3/h6-12,24H,4-5,13-14H2,1-3H3/b23-12+. The lowest BCUT2D eigenvalue weighted by molar-refractivity contribution is -0.145. The van der Waals surface area contributed by atoms with Gasteiger partial charge in [-0.3, -0.25) is 0 Å². The third-order valence-electron chi connectivity index (χ3n) is 3.74. The van der Waals surface area contributed by atoms with Crippen molar-refractivity contribution in [2.75, 3.05) is 26.9 Å². The second kappa shape index (κ2) is 11.8. The van der Waals surface area contributed by atoms with Crippen molar-refractivity contribution in [2.45, 2.75) is 20.4 Å². The first-order chi connectivity index (χ1) is 14.1. The number of benzene rings is 2. The molecule has 0 bridgehead atoms. The van der Waals surface area contributed by atoms with Gasteiger partial charge in [0.1, 0.15) is 5.75 Å². The molecule has 0 atom stereocenters. The van der Waals surface area contributed by atoms with Crippen molar-refractivity contribution >= 4 is 23.8 Å². The first-order valence-electron chi connectivity index (χ1n) is 9.21. The number of nitrogens with zero attached hydrogens (tertiary/aromatic N) is 1. The third kappa shape index (κ3) is 6.87. The minimum absolute atomic E-state index is 0.248. The molecule has 0 spiro atoms. The van der Waals surface area contributed by atoms with E-state index in [0.717, 1.165) is 16.9 Å². The predicted octanol–water partition coefficient (Wildman–Crippen LogP) is 3.81. The minimum Gasteiger partial charge on any atom is -0.496 e. The Kier molecular flexibility index (Phi) is 9.11. The lowest BCUT2D eigenvalue weighted by Gasteiger charge is -2.14. The van der Waals surface area contributed by atoms with Crippen molar-refractivity contribution in [1.29, 1.82) is 0 Å². The van der Waals surface area contributed by atoms with Gasteiger partial charge in [0, 0.05) is 5.56 Å². The molecule has 0 unspecified atom stereocenters. The van der Waals surface area contributed by atoms with Gasteiger partial charge in [-0.25, -0.2) is 4.79 Å². The second-order valence-electron chi connectivity index (χ2n) is 5.76. The number of carbonyl (C=O) groups is 1. The largest absolute Gasteiger partial charge is 0.496 e. The van der Waals surface area contributed by atoms with E-state index in [4.69, 9.17) is 30.5 Å². The molecule has 0 heterocycles. The maximum atomic E-state index is 11.5. The quantitative estimate of drug-likeness (QED) is 0.338. The highest BCUT2D eigenvalue weighted by molar-refractivity contribution is 6.32. The van der Waals surface area contributed by atoms with Crippen LogP contribution < -0.4 is 19.6 Å². The van der Waals surface area contributed by atoms with Crippen LogP contribution in [0.3, 0.4) is 0 Å². The number of hydrogen-bond acceptors (Lipinski definition) is 7. The van der Waals surface area contributed by atoms with Crippen molar-refractivity contribution in [3.63, 3.8) is 0 Å². The fraction of sp³-hybridized carbons (Fsp3) is 0.333. The van der Waals surface area contributed by atoms with E-state index >= 15 is 0 Å². The van der Waals surface area contributed by atoms with Crippen LogP contribution in [0.1, 0.15) is 25.0 Å². The molecule has 0 fully saturated rings. The Balaban J connectivity index is 2.06. The van der Waals surface area contributed by atoms with E-state index in [0.29, 0.717) is 29.7 Å². The zero-order valence-corrected chi connectivity index (χ0v) is 17.5. The molecule has 2 aromatic rings. The Labute approximate surface area is 175 Å². The van der Waals surface area contributed by atoms with Gasteiger partial charge in [-0.2, -0.15) is 5.10 Å². The summed E-state index contributed by atoms with van der Waals surface area (Å²) in [7, 11) is 1.63. The van der Waals surface area contributed by atoms with Crippen LogP contribution in [0.25, 0.3) is 0 Å². The van der Waals surface area contributed by atoms with E-state index in [1.165, 1.54) is 0 Å². The van der Waals surface area contributed by atoms with Gasteiger partial charge in [0.15, 0.2) is 18.1 Å². The van der Waals surface area contributed by atoms with Crippen LogP contribution in [0.15, 0.2) is 41.5 Å². The number of carbonyl (C=O) groups excluding carboxylic acids is 1. The topological polar surface area (TPSA) is 78.4 Å². The fourth-order valence-corrected chi connectivity index (χ4v) is 2.77. The molecule has 0 amide bonds. The first kappa shape index (κ1) is 22.4. The number of para-hydroxylation sites is 1. The summed E-state index contributed by atoms with van der Waals surface area (Å²) in [4.78, 5) is 11.5. The molecule has 7 nitrogen and oxygen atoms in total. The molecule has 0 aliphatic heterocycles. The summed E-state index contributed by atoms with van der Waals surface area (Å²) >= 11 is 6.32. The molecular weight excluding hydrogens is 396 g/mol. The Morgan fingerprint density at radius 3 is 2.66 bits per heavy atom. The fourth-order valence-electron chi connectivity index (χ4n) is 2.50. The lowest BCUT2D eigenvalue weighted by Crippen LogP contribution is -2.15. The van der Waals surface area contributed by atoms with Gasteiger partial charge < -0.3 is 24.4 Å². The van der Waals surface area contributed by atoms with Crippen molar-refractivity contribution < 1.29 is 23.7 Å². The highest BCUT2D eigenvalue weighted by Crippen LogP contribution is 2.36. The van der Waals surface area contributed by atoms with Crippen LogP contribution in [0.5, 0.6) is 17.2 Å². The van der Waals surface area contributed by atoms with E-state index < -0.39 is 5.97 Å². The van der Waals surface area contributed by atoms with Gasteiger partial charge in [-0.15, -0.1) is 0 Å². The summed E-state index contributed by atoms with van der Waals surface area (Å²) in [5.74, 6) is 1.04. The van der Waals surface area contributed by atoms with Gasteiger partial charge in [0.05, 0.1) is 38.1 Å². The summed E-state index contributed by atoms with van der Waals surface area (Å²) in [6.07, 6.45) is 1.62. The SMILES string of the molecule is CCOC(=O)COc1c(Cl)cc(/C=N/NCc2ccccc2OC)cc1OCC. The average Bonchev–Trinajstić information content (AvgIpc) is 2.71. The molecule has 2 aromatic carbocycles. The van der Waals surface area contributed by atoms with Gasteiger partial charge in [-0.1, -0.05) is 29.8 Å². The van der Waals surface area contributed by atoms with Gasteiger partial charge >= 0.3 is 5.97 Å². The number of esters is 1. The molecule has 0 radical (unpaired) electrons. The molecule has 0 saturated heterocycles. The Hall–Kier alpha value is -2.93. The second-order valence-corrected chi connectivity index (χ2v) is 6.17. The van der Waals surface area contributed by atoms with Gasteiger partial charge in [0.2, 0.25) is 0 Å². The smallest absolute Gasteiger partial charge is 0.344 e. The number of rotatable bonds is 11. The molecule has 156 valence electrons. The van der Waals surface area contributed by atoms with Crippen molar-refractivity contribution in [1.82, 2.24) is 5.43 Å². The molecule has 0 aliphatic carbocycles.